The molecule has 0 bridgehead atoms. The van der Waals surface area contributed by atoms with E-state index in [4.69, 9.17) is 5.11 Å². The molecule has 1 rings (SSSR count). The molecule has 3 heteroatoms. The van der Waals surface area contributed by atoms with Crippen molar-refractivity contribution >= 4 is 0 Å². The highest BCUT2D eigenvalue weighted by Gasteiger charge is 2.08. The fourth-order valence-electron chi connectivity index (χ4n) is 1.19. The maximum absolute atomic E-state index is 13.0. The van der Waals surface area contributed by atoms with Gasteiger partial charge >= 0.3 is 0 Å². The smallest absolute Gasteiger partial charge is 0.129 e. The van der Waals surface area contributed by atoms with Gasteiger partial charge in [-0.15, -0.1) is 0 Å². The second-order valence-electron chi connectivity index (χ2n) is 3.25. The molecule has 0 aromatic heterocycles. The largest absolute Gasteiger partial charge is 0.393 e. The molecule has 1 nitrogen and oxygen atoms in total. The molecule has 1 N–H and O–H groups in total. The summed E-state index contributed by atoms with van der Waals surface area (Å²) in [6.07, 6.45) is -0.396. The molecule has 72 valence electrons. The highest BCUT2D eigenvalue weighted by atomic mass is 19.1. The third kappa shape index (κ3) is 2.49. The summed E-state index contributed by atoms with van der Waals surface area (Å²) in [5.74, 6) is -1.14. The van der Waals surface area contributed by atoms with Crippen molar-refractivity contribution in [2.24, 2.45) is 0 Å². The van der Waals surface area contributed by atoms with Crippen molar-refractivity contribution in [2.45, 2.75) is 26.4 Å². The molecule has 0 saturated heterocycles. The number of halogens is 2. The molecule has 0 fully saturated rings. The number of rotatable bonds is 2. The zero-order valence-corrected chi connectivity index (χ0v) is 7.64. The zero-order chi connectivity index (χ0) is 10.0. The van der Waals surface area contributed by atoms with Gasteiger partial charge in [0.1, 0.15) is 11.6 Å². The third-order valence-electron chi connectivity index (χ3n) is 1.84. The predicted molar refractivity (Wildman–Crippen MR) is 46.5 cm³/mol. The molecular weight excluding hydrogens is 174 g/mol. The van der Waals surface area contributed by atoms with Crippen molar-refractivity contribution in [3.8, 4) is 0 Å². The zero-order valence-electron chi connectivity index (χ0n) is 7.64. The quantitative estimate of drug-likeness (QED) is 0.750. The van der Waals surface area contributed by atoms with Gasteiger partial charge < -0.3 is 5.11 Å². The summed E-state index contributed by atoms with van der Waals surface area (Å²) in [5, 5.41) is 9.03. The molecule has 0 aliphatic carbocycles. The van der Waals surface area contributed by atoms with Crippen molar-refractivity contribution < 1.29 is 13.9 Å². The number of aliphatic hydroxyl groups excluding tert-OH is 1. The lowest BCUT2D eigenvalue weighted by atomic mass is 10.1. The second kappa shape index (κ2) is 3.83. The van der Waals surface area contributed by atoms with Crippen molar-refractivity contribution in [3.05, 3.63) is 34.9 Å². The second-order valence-corrected chi connectivity index (χ2v) is 3.25. The van der Waals surface area contributed by atoms with Crippen LogP contribution in [0.5, 0.6) is 0 Å². The van der Waals surface area contributed by atoms with Crippen molar-refractivity contribution in [1.29, 1.82) is 0 Å². The molecular formula is C10H12F2O. The van der Waals surface area contributed by atoms with Gasteiger partial charge in [0.2, 0.25) is 0 Å². The first-order valence-corrected chi connectivity index (χ1v) is 4.13. The maximum atomic E-state index is 13.0. The number of aliphatic hydroxyl groups is 1. The Bertz CT molecular complexity index is 308. The summed E-state index contributed by atoms with van der Waals surface area (Å²) in [7, 11) is 0. The number of hydrogen-bond donors (Lipinski definition) is 1. The Hall–Kier alpha value is -0.960. The van der Waals surface area contributed by atoms with E-state index in [0.29, 0.717) is 11.1 Å². The molecule has 1 aromatic carbocycles. The normalized spacial score (nSPS) is 13.0. The average molecular weight is 186 g/mol. The summed E-state index contributed by atoms with van der Waals surface area (Å²) in [5.41, 5.74) is 0.756. The van der Waals surface area contributed by atoms with E-state index in [0.717, 1.165) is 6.07 Å². The first kappa shape index (κ1) is 10.1. The summed E-state index contributed by atoms with van der Waals surface area (Å²) < 4.78 is 25.8. The Morgan fingerprint density at radius 3 is 2.46 bits per heavy atom. The molecule has 13 heavy (non-hydrogen) atoms. The van der Waals surface area contributed by atoms with Gasteiger partial charge in [-0.05, 0) is 25.0 Å². The minimum Gasteiger partial charge on any atom is -0.393 e. The Labute approximate surface area is 76.0 Å². The third-order valence-corrected chi connectivity index (χ3v) is 1.84. The van der Waals surface area contributed by atoms with Crippen LogP contribution in [0.3, 0.4) is 0 Å². The Morgan fingerprint density at radius 1 is 1.31 bits per heavy atom. The van der Waals surface area contributed by atoms with Crippen LogP contribution in [0.25, 0.3) is 0 Å². The number of benzene rings is 1. The molecule has 0 heterocycles. The van der Waals surface area contributed by atoms with Gasteiger partial charge in [0, 0.05) is 12.5 Å². The first-order valence-electron chi connectivity index (χ1n) is 4.13. The lowest BCUT2D eigenvalue weighted by molar-refractivity contribution is 0.194. The number of hydrogen-bond acceptors (Lipinski definition) is 1. The van der Waals surface area contributed by atoms with Crippen LogP contribution in [0.15, 0.2) is 12.1 Å². The standard InChI is InChI=1S/C10H12F2O/c1-6-3-8(4-7(2)13)10(12)5-9(6)11/h3,5,7,13H,4H2,1-2H3. The van der Waals surface area contributed by atoms with Crippen LogP contribution >= 0.6 is 0 Å². The van der Waals surface area contributed by atoms with E-state index < -0.39 is 17.7 Å². The molecule has 1 aromatic rings. The van der Waals surface area contributed by atoms with E-state index in [1.54, 1.807) is 13.8 Å². The minimum absolute atomic E-state index is 0.215. The monoisotopic (exact) mass is 186 g/mol. The van der Waals surface area contributed by atoms with Crippen LogP contribution in [0.4, 0.5) is 8.78 Å². The Morgan fingerprint density at radius 2 is 1.92 bits per heavy atom. The van der Waals surface area contributed by atoms with Crippen LogP contribution in [0.2, 0.25) is 0 Å². The van der Waals surface area contributed by atoms with E-state index >= 15 is 0 Å². The molecule has 1 unspecified atom stereocenters. The SMILES string of the molecule is Cc1cc(CC(C)O)c(F)cc1F. The fourth-order valence-corrected chi connectivity index (χ4v) is 1.19. The summed E-state index contributed by atoms with van der Waals surface area (Å²) in [6.45, 7) is 3.14. The summed E-state index contributed by atoms with van der Waals surface area (Å²) in [4.78, 5) is 0. The lowest BCUT2D eigenvalue weighted by Crippen LogP contribution is -2.06. The van der Waals surface area contributed by atoms with Crippen molar-refractivity contribution in [1.82, 2.24) is 0 Å². The molecule has 0 saturated carbocycles. The molecule has 0 aliphatic rings. The molecule has 0 spiro atoms. The Kier molecular flexibility index (Phi) is 2.98. The molecule has 0 amide bonds. The fraction of sp³-hybridized carbons (Fsp3) is 0.400. The van der Waals surface area contributed by atoms with Crippen molar-refractivity contribution in [3.63, 3.8) is 0 Å². The first-order chi connectivity index (χ1) is 6.00. The highest BCUT2D eigenvalue weighted by Crippen LogP contribution is 2.15. The van der Waals surface area contributed by atoms with Gasteiger partial charge in [-0.1, -0.05) is 6.07 Å². The van der Waals surface area contributed by atoms with Gasteiger partial charge in [-0.3, -0.25) is 0 Å². The van der Waals surface area contributed by atoms with E-state index in [9.17, 15) is 8.78 Å². The van der Waals surface area contributed by atoms with Gasteiger partial charge in [0.25, 0.3) is 0 Å². The van der Waals surface area contributed by atoms with E-state index in [1.807, 2.05) is 0 Å². The summed E-state index contributed by atoms with van der Waals surface area (Å²) >= 11 is 0. The summed E-state index contributed by atoms with van der Waals surface area (Å²) in [6, 6.07) is 2.28. The average Bonchev–Trinajstić information content (AvgIpc) is 1.99. The van der Waals surface area contributed by atoms with Crippen LogP contribution in [-0.4, -0.2) is 11.2 Å². The van der Waals surface area contributed by atoms with Gasteiger partial charge in [-0.2, -0.15) is 0 Å². The predicted octanol–water partition coefficient (Wildman–Crippen LogP) is 2.20. The van der Waals surface area contributed by atoms with Crippen LogP contribution in [0, 0.1) is 18.6 Å². The molecule has 0 radical (unpaired) electrons. The lowest BCUT2D eigenvalue weighted by Gasteiger charge is -2.07. The van der Waals surface area contributed by atoms with Gasteiger partial charge in [0.15, 0.2) is 0 Å². The number of aryl methyl sites for hydroxylation is 1. The van der Waals surface area contributed by atoms with Crippen LogP contribution < -0.4 is 0 Å². The van der Waals surface area contributed by atoms with Gasteiger partial charge in [0.05, 0.1) is 6.10 Å². The molecule has 0 aliphatic heterocycles. The van der Waals surface area contributed by atoms with Crippen LogP contribution in [0.1, 0.15) is 18.1 Å². The van der Waals surface area contributed by atoms with Crippen LogP contribution in [-0.2, 0) is 6.42 Å². The van der Waals surface area contributed by atoms with E-state index in [2.05, 4.69) is 0 Å². The molecule has 1 atom stereocenters. The van der Waals surface area contributed by atoms with E-state index in [-0.39, 0.29) is 6.42 Å². The highest BCUT2D eigenvalue weighted by molar-refractivity contribution is 5.26. The maximum Gasteiger partial charge on any atom is 0.129 e. The van der Waals surface area contributed by atoms with E-state index in [1.165, 1.54) is 6.07 Å². The van der Waals surface area contributed by atoms with Crippen molar-refractivity contribution in [2.75, 3.05) is 0 Å². The Balaban J connectivity index is 3.01. The minimum atomic E-state index is -0.612. The topological polar surface area (TPSA) is 20.2 Å². The van der Waals surface area contributed by atoms with Gasteiger partial charge in [-0.25, -0.2) is 8.78 Å².